The summed E-state index contributed by atoms with van der Waals surface area (Å²) >= 11 is 0. The van der Waals surface area contributed by atoms with E-state index in [9.17, 15) is 0 Å². The van der Waals surface area contributed by atoms with Crippen LogP contribution in [0.25, 0.3) is 0 Å². The third-order valence-corrected chi connectivity index (χ3v) is 2.65. The second-order valence-corrected chi connectivity index (χ2v) is 4.18. The molecule has 2 atom stereocenters. The first-order chi connectivity index (χ1) is 7.24. The first-order valence-corrected chi connectivity index (χ1v) is 5.67. The normalized spacial score (nSPS) is 14.9. The quantitative estimate of drug-likeness (QED) is 0.744. The molecule has 2 heteroatoms. The van der Waals surface area contributed by atoms with Crippen LogP contribution < -0.4 is 10.6 Å². The minimum Gasteiger partial charge on any atom is -0.318 e. The van der Waals surface area contributed by atoms with Crippen molar-refractivity contribution < 1.29 is 0 Å². The number of benzene rings is 1. The maximum atomic E-state index is 3.52. The largest absolute Gasteiger partial charge is 0.318 e. The molecule has 2 N–H and O–H groups in total. The van der Waals surface area contributed by atoms with E-state index in [0.29, 0.717) is 12.0 Å². The van der Waals surface area contributed by atoms with Crippen molar-refractivity contribution in [3.8, 4) is 0 Å². The third kappa shape index (κ3) is 4.45. The van der Waals surface area contributed by atoms with Crippen LogP contribution in [0.3, 0.4) is 0 Å². The minimum atomic E-state index is 0.529. The van der Waals surface area contributed by atoms with Crippen LogP contribution in [0.5, 0.6) is 0 Å². The van der Waals surface area contributed by atoms with Gasteiger partial charge >= 0.3 is 0 Å². The summed E-state index contributed by atoms with van der Waals surface area (Å²) in [5.74, 6) is 0.575. The standard InChI is InChI=1S/C13H22N2/c1-11(9-15-12(2)10-14-3)13-7-5-4-6-8-13/h4-8,11-12,14-15H,9-10H2,1-3H3. The van der Waals surface area contributed by atoms with Crippen molar-refractivity contribution in [2.45, 2.75) is 25.8 Å². The van der Waals surface area contributed by atoms with Crippen LogP contribution >= 0.6 is 0 Å². The van der Waals surface area contributed by atoms with Gasteiger partial charge in [0.05, 0.1) is 0 Å². The van der Waals surface area contributed by atoms with Crippen LogP contribution in [-0.2, 0) is 0 Å². The average molecular weight is 206 g/mol. The summed E-state index contributed by atoms with van der Waals surface area (Å²) in [4.78, 5) is 0. The molecule has 2 unspecified atom stereocenters. The number of hydrogen-bond acceptors (Lipinski definition) is 2. The lowest BCUT2D eigenvalue weighted by molar-refractivity contribution is 0.500. The molecule has 0 amide bonds. The van der Waals surface area contributed by atoms with Crippen molar-refractivity contribution in [3.05, 3.63) is 35.9 Å². The Morgan fingerprint density at radius 1 is 1.07 bits per heavy atom. The Bertz CT molecular complexity index is 258. The molecule has 1 rings (SSSR count). The molecule has 84 valence electrons. The van der Waals surface area contributed by atoms with E-state index in [1.54, 1.807) is 0 Å². The van der Waals surface area contributed by atoms with Gasteiger partial charge in [0.15, 0.2) is 0 Å². The summed E-state index contributed by atoms with van der Waals surface area (Å²) in [6, 6.07) is 11.2. The van der Waals surface area contributed by atoms with Crippen LogP contribution in [0.2, 0.25) is 0 Å². The highest BCUT2D eigenvalue weighted by molar-refractivity contribution is 5.18. The van der Waals surface area contributed by atoms with E-state index in [0.717, 1.165) is 13.1 Å². The molecule has 1 aromatic carbocycles. The summed E-state index contributed by atoms with van der Waals surface area (Å²) in [6.45, 7) is 6.51. The van der Waals surface area contributed by atoms with Gasteiger partial charge in [-0.1, -0.05) is 37.3 Å². The molecule has 0 aliphatic carbocycles. The van der Waals surface area contributed by atoms with Crippen molar-refractivity contribution in [3.63, 3.8) is 0 Å². The molecular weight excluding hydrogens is 184 g/mol. The Morgan fingerprint density at radius 2 is 1.73 bits per heavy atom. The van der Waals surface area contributed by atoms with Gasteiger partial charge in [-0.25, -0.2) is 0 Å². The maximum Gasteiger partial charge on any atom is 0.0164 e. The Morgan fingerprint density at radius 3 is 2.33 bits per heavy atom. The summed E-state index contributed by atoms with van der Waals surface area (Å²) < 4.78 is 0. The minimum absolute atomic E-state index is 0.529. The fourth-order valence-corrected chi connectivity index (χ4v) is 1.66. The lowest BCUT2D eigenvalue weighted by Crippen LogP contribution is -2.36. The molecule has 0 aliphatic rings. The fourth-order valence-electron chi connectivity index (χ4n) is 1.66. The summed E-state index contributed by atoms with van der Waals surface area (Å²) in [5.41, 5.74) is 1.40. The Hall–Kier alpha value is -0.860. The Kier molecular flexibility index (Phi) is 5.37. The van der Waals surface area contributed by atoms with E-state index in [2.05, 4.69) is 54.8 Å². The molecule has 0 bridgehead atoms. The van der Waals surface area contributed by atoms with Gasteiger partial charge in [0.25, 0.3) is 0 Å². The van der Waals surface area contributed by atoms with Crippen LogP contribution in [0.1, 0.15) is 25.3 Å². The number of likely N-dealkylation sites (N-methyl/N-ethyl adjacent to an activating group) is 1. The van der Waals surface area contributed by atoms with E-state index in [4.69, 9.17) is 0 Å². The molecule has 0 saturated heterocycles. The van der Waals surface area contributed by atoms with Crippen LogP contribution in [0.15, 0.2) is 30.3 Å². The molecule has 0 aromatic heterocycles. The van der Waals surface area contributed by atoms with Gasteiger partial charge in [0.2, 0.25) is 0 Å². The summed E-state index contributed by atoms with van der Waals surface area (Å²) in [5, 5.41) is 6.69. The van der Waals surface area contributed by atoms with Gasteiger partial charge < -0.3 is 10.6 Å². The molecule has 0 radical (unpaired) electrons. The monoisotopic (exact) mass is 206 g/mol. The topological polar surface area (TPSA) is 24.1 Å². The van der Waals surface area contributed by atoms with Crippen molar-refractivity contribution in [1.29, 1.82) is 0 Å². The SMILES string of the molecule is CNCC(C)NCC(C)c1ccccc1. The Labute approximate surface area is 93.1 Å². The van der Waals surface area contributed by atoms with Crippen molar-refractivity contribution in [2.75, 3.05) is 20.1 Å². The highest BCUT2D eigenvalue weighted by atomic mass is 15.0. The second-order valence-electron chi connectivity index (χ2n) is 4.18. The van der Waals surface area contributed by atoms with E-state index in [-0.39, 0.29) is 0 Å². The van der Waals surface area contributed by atoms with E-state index >= 15 is 0 Å². The number of hydrogen-bond donors (Lipinski definition) is 2. The van der Waals surface area contributed by atoms with Crippen LogP contribution in [0, 0.1) is 0 Å². The molecule has 0 fully saturated rings. The molecule has 15 heavy (non-hydrogen) atoms. The lowest BCUT2D eigenvalue weighted by Gasteiger charge is -2.17. The zero-order chi connectivity index (χ0) is 11.1. The molecule has 2 nitrogen and oxygen atoms in total. The van der Waals surface area contributed by atoms with E-state index in [1.807, 2.05) is 7.05 Å². The first kappa shape index (κ1) is 12.2. The predicted octanol–water partition coefficient (Wildman–Crippen LogP) is 1.99. The van der Waals surface area contributed by atoms with Crippen LogP contribution in [-0.4, -0.2) is 26.2 Å². The maximum absolute atomic E-state index is 3.52. The van der Waals surface area contributed by atoms with Gasteiger partial charge in [-0.3, -0.25) is 0 Å². The molecule has 0 spiro atoms. The Balaban J connectivity index is 2.33. The molecule has 0 saturated carbocycles. The highest BCUT2D eigenvalue weighted by Gasteiger charge is 2.06. The van der Waals surface area contributed by atoms with E-state index < -0.39 is 0 Å². The third-order valence-electron chi connectivity index (χ3n) is 2.65. The molecular formula is C13H22N2. The number of nitrogens with one attached hydrogen (secondary N) is 2. The summed E-state index contributed by atoms with van der Waals surface area (Å²) in [7, 11) is 1.98. The lowest BCUT2D eigenvalue weighted by atomic mass is 10.0. The number of rotatable bonds is 6. The molecule has 0 heterocycles. The predicted molar refractivity (Wildman–Crippen MR) is 66.2 cm³/mol. The van der Waals surface area contributed by atoms with Gasteiger partial charge in [-0.2, -0.15) is 0 Å². The van der Waals surface area contributed by atoms with Crippen molar-refractivity contribution >= 4 is 0 Å². The van der Waals surface area contributed by atoms with E-state index in [1.165, 1.54) is 5.56 Å². The van der Waals surface area contributed by atoms with Gasteiger partial charge in [0, 0.05) is 19.1 Å². The average Bonchev–Trinajstić information content (AvgIpc) is 2.27. The zero-order valence-corrected chi connectivity index (χ0v) is 9.96. The van der Waals surface area contributed by atoms with Gasteiger partial charge in [-0.15, -0.1) is 0 Å². The summed E-state index contributed by atoms with van der Waals surface area (Å²) in [6.07, 6.45) is 0. The smallest absolute Gasteiger partial charge is 0.0164 e. The molecule has 0 aliphatic heterocycles. The first-order valence-electron chi connectivity index (χ1n) is 5.67. The van der Waals surface area contributed by atoms with Crippen LogP contribution in [0.4, 0.5) is 0 Å². The highest BCUT2D eigenvalue weighted by Crippen LogP contribution is 2.12. The van der Waals surface area contributed by atoms with Gasteiger partial charge in [-0.05, 0) is 25.5 Å². The fraction of sp³-hybridized carbons (Fsp3) is 0.538. The van der Waals surface area contributed by atoms with Gasteiger partial charge in [0.1, 0.15) is 0 Å². The van der Waals surface area contributed by atoms with Crippen molar-refractivity contribution in [2.24, 2.45) is 0 Å². The molecule has 1 aromatic rings. The zero-order valence-electron chi connectivity index (χ0n) is 9.96. The second kappa shape index (κ2) is 6.59. The van der Waals surface area contributed by atoms with Crippen molar-refractivity contribution in [1.82, 2.24) is 10.6 Å².